The van der Waals surface area contributed by atoms with E-state index in [2.05, 4.69) is 15.9 Å². The number of alkyl halides is 1. The molecule has 2 rings (SSSR count). The van der Waals surface area contributed by atoms with Gasteiger partial charge in [0.15, 0.2) is 0 Å². The molecule has 0 spiro atoms. The highest BCUT2D eigenvalue weighted by Crippen LogP contribution is 2.33. The Kier molecular flexibility index (Phi) is 6.58. The topological polar surface area (TPSA) is 36.9 Å². The first-order valence-corrected chi connectivity index (χ1v) is 7.70. The number of rotatable bonds is 6. The molecule has 2 unspecified atom stereocenters. The number of benzene rings is 1. The SMILES string of the molecule is COCCOc1ccc(C(Cl)C2COCCO2)cc1Br. The van der Waals surface area contributed by atoms with E-state index < -0.39 is 0 Å². The summed E-state index contributed by atoms with van der Waals surface area (Å²) in [6, 6.07) is 5.80. The summed E-state index contributed by atoms with van der Waals surface area (Å²) in [4.78, 5) is 0. The number of ether oxygens (including phenoxy) is 4. The molecule has 0 aliphatic carbocycles. The molecule has 0 saturated carbocycles. The van der Waals surface area contributed by atoms with Crippen molar-refractivity contribution in [2.24, 2.45) is 0 Å². The zero-order valence-corrected chi connectivity index (χ0v) is 13.7. The van der Waals surface area contributed by atoms with Crippen LogP contribution in [0.3, 0.4) is 0 Å². The van der Waals surface area contributed by atoms with Crippen LogP contribution in [-0.4, -0.2) is 46.2 Å². The standard InChI is InChI=1S/C14H18BrClO4/c1-17-4-6-19-12-3-2-10(8-11(12)15)14(16)13-9-18-5-7-20-13/h2-3,8,13-14H,4-7,9H2,1H3. The third-order valence-corrected chi connectivity index (χ3v) is 4.14. The number of hydrogen-bond acceptors (Lipinski definition) is 4. The molecule has 0 aromatic heterocycles. The fourth-order valence-corrected chi connectivity index (χ4v) is 2.72. The van der Waals surface area contributed by atoms with Gasteiger partial charge in [-0.3, -0.25) is 0 Å². The van der Waals surface area contributed by atoms with Crippen LogP contribution < -0.4 is 4.74 Å². The van der Waals surface area contributed by atoms with Crippen molar-refractivity contribution in [1.29, 1.82) is 0 Å². The highest BCUT2D eigenvalue weighted by molar-refractivity contribution is 9.10. The van der Waals surface area contributed by atoms with Crippen LogP contribution in [0.15, 0.2) is 22.7 Å². The summed E-state index contributed by atoms with van der Waals surface area (Å²) >= 11 is 9.94. The minimum Gasteiger partial charge on any atom is -0.490 e. The molecule has 4 nitrogen and oxygen atoms in total. The predicted molar refractivity (Wildman–Crippen MR) is 80.7 cm³/mol. The highest BCUT2D eigenvalue weighted by atomic mass is 79.9. The molecule has 1 aliphatic rings. The van der Waals surface area contributed by atoms with Gasteiger partial charge in [-0.1, -0.05) is 6.07 Å². The van der Waals surface area contributed by atoms with Gasteiger partial charge in [-0.05, 0) is 33.6 Å². The van der Waals surface area contributed by atoms with E-state index in [1.807, 2.05) is 18.2 Å². The molecule has 0 bridgehead atoms. The highest BCUT2D eigenvalue weighted by Gasteiger charge is 2.25. The summed E-state index contributed by atoms with van der Waals surface area (Å²) in [5, 5.41) is -0.236. The lowest BCUT2D eigenvalue weighted by atomic mass is 10.1. The zero-order valence-electron chi connectivity index (χ0n) is 11.3. The second kappa shape index (κ2) is 8.20. The predicted octanol–water partition coefficient (Wildman–Crippen LogP) is 3.17. The van der Waals surface area contributed by atoms with E-state index in [-0.39, 0.29) is 11.5 Å². The molecular weight excluding hydrogens is 348 g/mol. The van der Waals surface area contributed by atoms with E-state index >= 15 is 0 Å². The zero-order chi connectivity index (χ0) is 14.4. The van der Waals surface area contributed by atoms with Crippen LogP contribution in [0.25, 0.3) is 0 Å². The maximum atomic E-state index is 6.45. The number of methoxy groups -OCH3 is 1. The summed E-state index contributed by atoms with van der Waals surface area (Å²) in [5.74, 6) is 0.774. The third-order valence-electron chi connectivity index (χ3n) is 2.99. The normalized spacial score (nSPS) is 20.6. The van der Waals surface area contributed by atoms with E-state index in [0.29, 0.717) is 33.0 Å². The summed E-state index contributed by atoms with van der Waals surface area (Å²) in [7, 11) is 1.64. The first-order valence-electron chi connectivity index (χ1n) is 6.47. The van der Waals surface area contributed by atoms with Crippen LogP contribution in [0.4, 0.5) is 0 Å². The second-order valence-corrected chi connectivity index (χ2v) is 5.74. The van der Waals surface area contributed by atoms with Crippen molar-refractivity contribution in [3.8, 4) is 5.75 Å². The van der Waals surface area contributed by atoms with E-state index in [0.717, 1.165) is 15.8 Å². The van der Waals surface area contributed by atoms with Gasteiger partial charge < -0.3 is 18.9 Å². The minimum absolute atomic E-state index is 0.113. The molecule has 20 heavy (non-hydrogen) atoms. The summed E-state index contributed by atoms with van der Waals surface area (Å²) in [6.07, 6.45) is -0.113. The quantitative estimate of drug-likeness (QED) is 0.573. The smallest absolute Gasteiger partial charge is 0.133 e. The van der Waals surface area contributed by atoms with Crippen molar-refractivity contribution >= 4 is 27.5 Å². The monoisotopic (exact) mass is 364 g/mol. The van der Waals surface area contributed by atoms with Crippen LogP contribution >= 0.6 is 27.5 Å². The van der Waals surface area contributed by atoms with E-state index in [1.54, 1.807) is 7.11 Å². The van der Waals surface area contributed by atoms with Gasteiger partial charge in [-0.2, -0.15) is 0 Å². The first kappa shape index (κ1) is 16.0. The van der Waals surface area contributed by atoms with Crippen LogP contribution in [-0.2, 0) is 14.2 Å². The molecule has 1 aromatic carbocycles. The van der Waals surface area contributed by atoms with Gasteiger partial charge in [0.05, 0.1) is 36.3 Å². The lowest BCUT2D eigenvalue weighted by Gasteiger charge is -2.27. The summed E-state index contributed by atoms with van der Waals surface area (Å²) in [5.41, 5.74) is 0.980. The summed E-state index contributed by atoms with van der Waals surface area (Å²) < 4.78 is 22.4. The number of halogens is 2. The van der Waals surface area contributed by atoms with Crippen LogP contribution in [0.5, 0.6) is 5.75 Å². The van der Waals surface area contributed by atoms with Crippen LogP contribution in [0.1, 0.15) is 10.9 Å². The van der Waals surface area contributed by atoms with Gasteiger partial charge >= 0.3 is 0 Å². The van der Waals surface area contributed by atoms with Gasteiger partial charge in [0.1, 0.15) is 18.5 Å². The van der Waals surface area contributed by atoms with Crippen LogP contribution in [0, 0.1) is 0 Å². The molecule has 0 radical (unpaired) electrons. The van der Waals surface area contributed by atoms with Gasteiger partial charge in [0, 0.05) is 7.11 Å². The van der Waals surface area contributed by atoms with Gasteiger partial charge in [-0.25, -0.2) is 0 Å². The van der Waals surface area contributed by atoms with Gasteiger partial charge in [-0.15, -0.1) is 11.6 Å². The van der Waals surface area contributed by atoms with E-state index in [4.69, 9.17) is 30.5 Å². The molecule has 2 atom stereocenters. The second-order valence-electron chi connectivity index (χ2n) is 4.42. The maximum absolute atomic E-state index is 6.45. The average Bonchev–Trinajstić information content (AvgIpc) is 2.49. The maximum Gasteiger partial charge on any atom is 0.133 e. The Morgan fingerprint density at radius 3 is 2.90 bits per heavy atom. The Morgan fingerprint density at radius 2 is 2.25 bits per heavy atom. The van der Waals surface area contributed by atoms with Crippen molar-refractivity contribution in [3.05, 3.63) is 28.2 Å². The molecular formula is C14H18BrClO4. The fraction of sp³-hybridized carbons (Fsp3) is 0.571. The molecule has 0 amide bonds. The van der Waals surface area contributed by atoms with Gasteiger partial charge in [0.2, 0.25) is 0 Å². The van der Waals surface area contributed by atoms with E-state index in [9.17, 15) is 0 Å². The molecule has 1 aliphatic heterocycles. The summed E-state index contributed by atoms with van der Waals surface area (Å²) in [6.45, 7) is 2.82. The molecule has 1 heterocycles. The minimum atomic E-state index is -0.236. The van der Waals surface area contributed by atoms with Crippen molar-refractivity contribution in [3.63, 3.8) is 0 Å². The first-order chi connectivity index (χ1) is 9.72. The fourth-order valence-electron chi connectivity index (χ4n) is 1.93. The molecule has 6 heteroatoms. The van der Waals surface area contributed by atoms with Crippen molar-refractivity contribution in [2.75, 3.05) is 40.1 Å². The lowest BCUT2D eigenvalue weighted by Crippen LogP contribution is -2.31. The molecule has 112 valence electrons. The lowest BCUT2D eigenvalue weighted by molar-refractivity contribution is -0.0892. The number of hydrogen-bond donors (Lipinski definition) is 0. The van der Waals surface area contributed by atoms with E-state index in [1.165, 1.54) is 0 Å². The molecule has 1 aromatic rings. The molecule has 1 fully saturated rings. The van der Waals surface area contributed by atoms with Crippen molar-refractivity contribution in [1.82, 2.24) is 0 Å². The largest absolute Gasteiger partial charge is 0.490 e. The molecule has 1 saturated heterocycles. The average molecular weight is 366 g/mol. The Labute approximate surface area is 132 Å². The van der Waals surface area contributed by atoms with Crippen LogP contribution in [0.2, 0.25) is 0 Å². The molecule has 0 N–H and O–H groups in total. The van der Waals surface area contributed by atoms with Crippen molar-refractivity contribution in [2.45, 2.75) is 11.5 Å². The van der Waals surface area contributed by atoms with Crippen molar-refractivity contribution < 1.29 is 18.9 Å². The van der Waals surface area contributed by atoms with Gasteiger partial charge in [0.25, 0.3) is 0 Å². The Balaban J connectivity index is 1.99. The Hall–Kier alpha value is -0.330. The Morgan fingerprint density at radius 1 is 1.40 bits per heavy atom. The Bertz CT molecular complexity index is 424. The third kappa shape index (κ3) is 4.33.